The highest BCUT2D eigenvalue weighted by Gasteiger charge is 2.34. The minimum Gasteiger partial charge on any atom is -0.396 e. The van der Waals surface area contributed by atoms with Gasteiger partial charge in [0.05, 0.1) is 12.1 Å². The number of aromatic nitrogens is 2. The van der Waals surface area contributed by atoms with Gasteiger partial charge in [-0.1, -0.05) is 0 Å². The van der Waals surface area contributed by atoms with E-state index in [1.165, 1.54) is 16.8 Å². The molecule has 16 heavy (non-hydrogen) atoms. The molecule has 0 spiro atoms. The summed E-state index contributed by atoms with van der Waals surface area (Å²) in [4.78, 5) is 24.5. The minimum atomic E-state index is -0.652. The fraction of sp³-hybridized carbons (Fsp3) is 0.600. The second-order valence-corrected chi connectivity index (χ2v) is 4.17. The van der Waals surface area contributed by atoms with E-state index in [9.17, 15) is 14.7 Å². The number of hydrogen-bond acceptors (Lipinski definition) is 4. The van der Waals surface area contributed by atoms with E-state index in [2.05, 4.69) is 4.98 Å². The van der Waals surface area contributed by atoms with Crippen LogP contribution in [0.5, 0.6) is 0 Å². The molecule has 0 aliphatic heterocycles. The van der Waals surface area contributed by atoms with Gasteiger partial charge in [-0.05, 0) is 18.8 Å². The third-order valence-electron chi connectivity index (χ3n) is 3.06. The SMILES string of the molecule is O=c1ccn([C@@H]2C[C@H](CO)C[C@H]2O)c(=O)[nH]1. The van der Waals surface area contributed by atoms with Crippen LogP contribution < -0.4 is 11.2 Å². The molecule has 2 rings (SSSR count). The van der Waals surface area contributed by atoms with Gasteiger partial charge in [-0.25, -0.2) is 4.79 Å². The van der Waals surface area contributed by atoms with Gasteiger partial charge in [0.25, 0.3) is 5.56 Å². The summed E-state index contributed by atoms with van der Waals surface area (Å²) in [6, 6.07) is 0.891. The van der Waals surface area contributed by atoms with Crippen molar-refractivity contribution in [3.63, 3.8) is 0 Å². The highest BCUT2D eigenvalue weighted by molar-refractivity contribution is 4.93. The first-order valence-corrected chi connectivity index (χ1v) is 5.22. The summed E-state index contributed by atoms with van der Waals surface area (Å²) in [6.07, 6.45) is 1.76. The molecule has 6 heteroatoms. The van der Waals surface area contributed by atoms with Crippen LogP contribution in [0.15, 0.2) is 21.9 Å². The fourth-order valence-electron chi connectivity index (χ4n) is 2.23. The first kappa shape index (κ1) is 11.1. The van der Waals surface area contributed by atoms with Crippen LogP contribution in [0.3, 0.4) is 0 Å². The van der Waals surface area contributed by atoms with Gasteiger partial charge in [0, 0.05) is 18.9 Å². The Kier molecular flexibility index (Phi) is 2.93. The van der Waals surface area contributed by atoms with Crippen molar-refractivity contribution in [2.24, 2.45) is 5.92 Å². The minimum absolute atomic E-state index is 0.00562. The molecule has 1 aromatic heterocycles. The molecule has 0 saturated heterocycles. The van der Waals surface area contributed by atoms with E-state index in [4.69, 9.17) is 5.11 Å². The monoisotopic (exact) mass is 226 g/mol. The van der Waals surface area contributed by atoms with Gasteiger partial charge in [-0.3, -0.25) is 14.3 Å². The molecular formula is C10H14N2O4. The quantitative estimate of drug-likeness (QED) is 0.593. The molecule has 0 amide bonds. The lowest BCUT2D eigenvalue weighted by molar-refractivity contribution is 0.129. The highest BCUT2D eigenvalue weighted by atomic mass is 16.3. The zero-order chi connectivity index (χ0) is 11.7. The summed E-state index contributed by atoms with van der Waals surface area (Å²) in [5.74, 6) is 0.0128. The molecule has 1 fully saturated rings. The molecule has 1 aliphatic rings. The highest BCUT2D eigenvalue weighted by Crippen LogP contribution is 2.33. The van der Waals surface area contributed by atoms with Gasteiger partial charge in [0.2, 0.25) is 0 Å². The van der Waals surface area contributed by atoms with Crippen LogP contribution in [-0.2, 0) is 0 Å². The average Bonchev–Trinajstić information content (AvgIpc) is 2.60. The van der Waals surface area contributed by atoms with Gasteiger partial charge in [0.15, 0.2) is 0 Å². The van der Waals surface area contributed by atoms with Gasteiger partial charge >= 0.3 is 5.69 Å². The number of rotatable bonds is 2. The Morgan fingerprint density at radius 3 is 2.75 bits per heavy atom. The third kappa shape index (κ3) is 1.94. The predicted molar refractivity (Wildman–Crippen MR) is 56.2 cm³/mol. The van der Waals surface area contributed by atoms with Crippen LogP contribution in [0.1, 0.15) is 18.9 Å². The van der Waals surface area contributed by atoms with Crippen LogP contribution in [0, 0.1) is 5.92 Å². The van der Waals surface area contributed by atoms with Crippen molar-refractivity contribution in [3.05, 3.63) is 33.1 Å². The number of aliphatic hydroxyl groups is 2. The second-order valence-electron chi connectivity index (χ2n) is 4.17. The lowest BCUT2D eigenvalue weighted by Crippen LogP contribution is -2.34. The molecule has 0 unspecified atom stereocenters. The standard InChI is InChI=1S/C10H14N2O4/c13-5-6-3-7(8(14)4-6)12-2-1-9(15)11-10(12)16/h1-2,6-8,13-14H,3-5H2,(H,11,15,16)/t6-,7+,8+/m0/s1. The number of H-pyrrole nitrogens is 1. The molecule has 6 nitrogen and oxygen atoms in total. The maximum atomic E-state index is 11.5. The predicted octanol–water partition coefficient (Wildman–Crippen LogP) is -1.16. The van der Waals surface area contributed by atoms with Gasteiger partial charge in [0.1, 0.15) is 0 Å². The number of nitrogens with one attached hydrogen (secondary N) is 1. The van der Waals surface area contributed by atoms with Crippen molar-refractivity contribution in [2.45, 2.75) is 25.0 Å². The Labute approximate surface area is 91.2 Å². The maximum Gasteiger partial charge on any atom is 0.328 e. The third-order valence-corrected chi connectivity index (χ3v) is 3.06. The second kappa shape index (κ2) is 4.23. The van der Waals surface area contributed by atoms with Crippen LogP contribution in [0.25, 0.3) is 0 Å². The van der Waals surface area contributed by atoms with E-state index >= 15 is 0 Å². The van der Waals surface area contributed by atoms with Crippen molar-refractivity contribution in [1.29, 1.82) is 0 Å². The van der Waals surface area contributed by atoms with Crippen molar-refractivity contribution in [1.82, 2.24) is 9.55 Å². The average molecular weight is 226 g/mol. The summed E-state index contributed by atoms with van der Waals surface area (Å²) >= 11 is 0. The van der Waals surface area contributed by atoms with Crippen LogP contribution in [0.2, 0.25) is 0 Å². The molecule has 88 valence electrons. The van der Waals surface area contributed by atoms with Gasteiger partial charge < -0.3 is 10.2 Å². The molecule has 1 aliphatic carbocycles. The fourth-order valence-corrected chi connectivity index (χ4v) is 2.23. The Balaban J connectivity index is 2.31. The van der Waals surface area contributed by atoms with E-state index in [0.29, 0.717) is 12.8 Å². The zero-order valence-electron chi connectivity index (χ0n) is 8.67. The zero-order valence-corrected chi connectivity index (χ0v) is 8.67. The topological polar surface area (TPSA) is 95.3 Å². The molecule has 3 atom stereocenters. The maximum absolute atomic E-state index is 11.5. The van der Waals surface area contributed by atoms with Gasteiger partial charge in [-0.15, -0.1) is 0 Å². The molecule has 3 N–H and O–H groups in total. The Morgan fingerprint density at radius 2 is 2.19 bits per heavy atom. The lowest BCUT2D eigenvalue weighted by atomic mass is 10.1. The van der Waals surface area contributed by atoms with Crippen LogP contribution in [0.4, 0.5) is 0 Å². The lowest BCUT2D eigenvalue weighted by Gasteiger charge is -2.16. The first-order chi connectivity index (χ1) is 7.61. The molecular weight excluding hydrogens is 212 g/mol. The largest absolute Gasteiger partial charge is 0.396 e. The van der Waals surface area contributed by atoms with Crippen molar-refractivity contribution in [2.75, 3.05) is 6.61 Å². The Hall–Kier alpha value is -1.40. The molecule has 1 heterocycles. The summed E-state index contributed by atoms with van der Waals surface area (Å²) in [5, 5.41) is 18.8. The Morgan fingerprint density at radius 1 is 1.44 bits per heavy atom. The number of nitrogens with zero attached hydrogens (tertiary/aromatic N) is 1. The first-order valence-electron chi connectivity index (χ1n) is 5.22. The van der Waals surface area contributed by atoms with Crippen LogP contribution in [-0.4, -0.2) is 32.5 Å². The van der Waals surface area contributed by atoms with Gasteiger partial charge in [-0.2, -0.15) is 0 Å². The van der Waals surface area contributed by atoms with E-state index in [-0.39, 0.29) is 18.6 Å². The van der Waals surface area contributed by atoms with Crippen LogP contribution >= 0.6 is 0 Å². The molecule has 0 bridgehead atoms. The smallest absolute Gasteiger partial charge is 0.328 e. The summed E-state index contributed by atoms with van der Waals surface area (Å²) < 4.78 is 1.32. The summed E-state index contributed by atoms with van der Waals surface area (Å²) in [6.45, 7) is 0.00562. The summed E-state index contributed by atoms with van der Waals surface area (Å²) in [7, 11) is 0. The van der Waals surface area contributed by atoms with E-state index in [1.54, 1.807) is 0 Å². The molecule has 0 radical (unpaired) electrons. The number of hydrogen-bond donors (Lipinski definition) is 3. The van der Waals surface area contributed by atoms with Crippen molar-refractivity contribution < 1.29 is 10.2 Å². The van der Waals surface area contributed by atoms with Crippen molar-refractivity contribution >= 4 is 0 Å². The summed E-state index contributed by atoms with van der Waals surface area (Å²) in [5.41, 5.74) is -0.970. The van der Waals surface area contributed by atoms with E-state index in [1.807, 2.05) is 0 Å². The van der Waals surface area contributed by atoms with E-state index < -0.39 is 17.4 Å². The number of aliphatic hydroxyl groups excluding tert-OH is 2. The number of aromatic amines is 1. The normalized spacial score (nSPS) is 29.5. The molecule has 0 aromatic carbocycles. The molecule has 1 aromatic rings. The Bertz CT molecular complexity index is 478. The van der Waals surface area contributed by atoms with Crippen molar-refractivity contribution in [3.8, 4) is 0 Å². The van der Waals surface area contributed by atoms with E-state index in [0.717, 1.165) is 0 Å². The molecule has 1 saturated carbocycles.